The van der Waals surface area contributed by atoms with Crippen molar-refractivity contribution in [1.29, 1.82) is 0 Å². The Hall–Kier alpha value is -1.88. The Labute approximate surface area is 151 Å². The molecule has 2 atom stereocenters. The summed E-state index contributed by atoms with van der Waals surface area (Å²) in [5.74, 6) is -0.00910. The van der Waals surface area contributed by atoms with E-state index in [0.29, 0.717) is 19.6 Å². The molecule has 0 saturated heterocycles. The van der Waals surface area contributed by atoms with Crippen molar-refractivity contribution in [3.05, 3.63) is 35.9 Å². The SMILES string of the molecule is CCC[C@@H](NC(=O)Cc1ccccc1)C(=O)N[C@@H](COCC)C(C)C. The normalized spacial score (nSPS) is 13.3. The molecule has 0 aliphatic rings. The first-order valence-electron chi connectivity index (χ1n) is 9.19. The van der Waals surface area contributed by atoms with Gasteiger partial charge in [0.1, 0.15) is 6.04 Å². The summed E-state index contributed by atoms with van der Waals surface area (Å²) in [5, 5.41) is 5.90. The van der Waals surface area contributed by atoms with Crippen LogP contribution in [0.25, 0.3) is 0 Å². The molecule has 2 amide bonds. The number of hydrogen-bond acceptors (Lipinski definition) is 3. The first-order valence-corrected chi connectivity index (χ1v) is 9.19. The van der Waals surface area contributed by atoms with Crippen LogP contribution in [-0.2, 0) is 20.7 Å². The number of hydrogen-bond donors (Lipinski definition) is 2. The van der Waals surface area contributed by atoms with Crippen molar-refractivity contribution in [2.45, 2.75) is 59.0 Å². The van der Waals surface area contributed by atoms with Gasteiger partial charge in [-0.2, -0.15) is 0 Å². The average Bonchev–Trinajstić information content (AvgIpc) is 2.58. The van der Waals surface area contributed by atoms with E-state index in [2.05, 4.69) is 10.6 Å². The Kier molecular flexibility index (Phi) is 9.85. The summed E-state index contributed by atoms with van der Waals surface area (Å²) < 4.78 is 5.46. The molecule has 0 aliphatic carbocycles. The Morgan fingerprint density at radius 1 is 1.08 bits per heavy atom. The molecule has 25 heavy (non-hydrogen) atoms. The van der Waals surface area contributed by atoms with E-state index in [1.54, 1.807) is 0 Å². The van der Waals surface area contributed by atoms with Crippen LogP contribution in [0, 0.1) is 5.92 Å². The van der Waals surface area contributed by atoms with Gasteiger partial charge in [0.2, 0.25) is 11.8 Å². The van der Waals surface area contributed by atoms with Crippen LogP contribution in [0.3, 0.4) is 0 Å². The van der Waals surface area contributed by atoms with Crippen LogP contribution < -0.4 is 10.6 Å². The Balaban J connectivity index is 2.63. The van der Waals surface area contributed by atoms with Crippen molar-refractivity contribution in [3.8, 4) is 0 Å². The molecule has 5 nitrogen and oxygen atoms in total. The molecular formula is C20H32N2O3. The zero-order chi connectivity index (χ0) is 18.7. The van der Waals surface area contributed by atoms with Crippen LogP contribution in [0.5, 0.6) is 0 Å². The van der Waals surface area contributed by atoms with Gasteiger partial charge < -0.3 is 15.4 Å². The van der Waals surface area contributed by atoms with Gasteiger partial charge in [-0.25, -0.2) is 0 Å². The summed E-state index contributed by atoms with van der Waals surface area (Å²) in [6, 6.07) is 8.97. The fourth-order valence-corrected chi connectivity index (χ4v) is 2.51. The van der Waals surface area contributed by atoms with E-state index in [1.807, 2.05) is 58.0 Å². The summed E-state index contributed by atoms with van der Waals surface area (Å²) in [7, 11) is 0. The van der Waals surface area contributed by atoms with E-state index in [9.17, 15) is 9.59 Å². The molecule has 1 aromatic rings. The molecule has 0 bridgehead atoms. The number of rotatable bonds is 11. The largest absolute Gasteiger partial charge is 0.380 e. The highest BCUT2D eigenvalue weighted by atomic mass is 16.5. The first-order chi connectivity index (χ1) is 12.0. The minimum atomic E-state index is -0.510. The predicted octanol–water partition coefficient (Wildman–Crippen LogP) is 2.69. The van der Waals surface area contributed by atoms with Gasteiger partial charge in [-0.05, 0) is 24.8 Å². The van der Waals surface area contributed by atoms with Crippen molar-refractivity contribution in [3.63, 3.8) is 0 Å². The lowest BCUT2D eigenvalue weighted by Crippen LogP contribution is -2.52. The third kappa shape index (κ3) is 8.16. The van der Waals surface area contributed by atoms with E-state index >= 15 is 0 Å². The first kappa shape index (κ1) is 21.2. The van der Waals surface area contributed by atoms with Crippen LogP contribution >= 0.6 is 0 Å². The maximum absolute atomic E-state index is 12.6. The van der Waals surface area contributed by atoms with Crippen molar-refractivity contribution in [1.82, 2.24) is 10.6 Å². The van der Waals surface area contributed by atoms with E-state index < -0.39 is 6.04 Å². The van der Waals surface area contributed by atoms with Crippen molar-refractivity contribution < 1.29 is 14.3 Å². The summed E-state index contributed by atoms with van der Waals surface area (Å²) in [4.78, 5) is 24.9. The Bertz CT molecular complexity index is 517. The summed E-state index contributed by atoms with van der Waals surface area (Å²) in [6.07, 6.45) is 1.72. The molecule has 0 aromatic heterocycles. The molecule has 1 rings (SSSR count). The third-order valence-electron chi connectivity index (χ3n) is 4.07. The summed E-state index contributed by atoms with van der Waals surface area (Å²) >= 11 is 0. The van der Waals surface area contributed by atoms with E-state index in [1.165, 1.54) is 0 Å². The van der Waals surface area contributed by atoms with Crippen LogP contribution in [0.15, 0.2) is 30.3 Å². The number of carbonyl (C=O) groups is 2. The highest BCUT2D eigenvalue weighted by Crippen LogP contribution is 2.06. The minimum absolute atomic E-state index is 0.0576. The van der Waals surface area contributed by atoms with E-state index in [-0.39, 0.29) is 30.2 Å². The third-order valence-corrected chi connectivity index (χ3v) is 4.07. The highest BCUT2D eigenvalue weighted by Gasteiger charge is 2.24. The van der Waals surface area contributed by atoms with E-state index in [0.717, 1.165) is 12.0 Å². The molecule has 140 valence electrons. The Morgan fingerprint density at radius 2 is 1.76 bits per heavy atom. The quantitative estimate of drug-likeness (QED) is 0.646. The van der Waals surface area contributed by atoms with Crippen LogP contribution in [0.4, 0.5) is 0 Å². The van der Waals surface area contributed by atoms with Gasteiger partial charge in [-0.3, -0.25) is 9.59 Å². The zero-order valence-corrected chi connectivity index (χ0v) is 15.9. The summed E-state index contributed by atoms with van der Waals surface area (Å²) in [5.41, 5.74) is 0.937. The molecule has 0 heterocycles. The van der Waals surface area contributed by atoms with Gasteiger partial charge in [-0.15, -0.1) is 0 Å². The number of carbonyl (C=O) groups excluding carboxylic acids is 2. The molecular weight excluding hydrogens is 316 g/mol. The average molecular weight is 348 g/mol. The Morgan fingerprint density at radius 3 is 2.32 bits per heavy atom. The van der Waals surface area contributed by atoms with Crippen LogP contribution in [0.1, 0.15) is 46.1 Å². The van der Waals surface area contributed by atoms with Gasteiger partial charge in [0.15, 0.2) is 0 Å². The fourth-order valence-electron chi connectivity index (χ4n) is 2.51. The lowest BCUT2D eigenvalue weighted by atomic mass is 10.0. The van der Waals surface area contributed by atoms with Gasteiger partial charge >= 0.3 is 0 Å². The van der Waals surface area contributed by atoms with Gasteiger partial charge in [0.05, 0.1) is 19.1 Å². The highest BCUT2D eigenvalue weighted by molar-refractivity contribution is 5.88. The maximum atomic E-state index is 12.6. The molecule has 5 heteroatoms. The monoisotopic (exact) mass is 348 g/mol. The van der Waals surface area contributed by atoms with Gasteiger partial charge in [-0.1, -0.05) is 57.5 Å². The molecule has 0 spiro atoms. The van der Waals surface area contributed by atoms with Crippen LogP contribution in [-0.4, -0.2) is 37.1 Å². The van der Waals surface area contributed by atoms with Gasteiger partial charge in [0.25, 0.3) is 0 Å². The number of amides is 2. The zero-order valence-electron chi connectivity index (χ0n) is 15.9. The minimum Gasteiger partial charge on any atom is -0.380 e. The van der Waals surface area contributed by atoms with Crippen LogP contribution in [0.2, 0.25) is 0 Å². The molecule has 2 N–H and O–H groups in total. The smallest absolute Gasteiger partial charge is 0.242 e. The standard InChI is InChI=1S/C20H32N2O3/c1-5-10-17(20(24)22-18(15(3)4)14-25-6-2)21-19(23)13-16-11-8-7-9-12-16/h7-9,11-12,15,17-18H,5-6,10,13-14H2,1-4H3,(H,21,23)(H,22,24)/t17-,18+/m1/s1. The summed E-state index contributed by atoms with van der Waals surface area (Å²) in [6.45, 7) is 9.13. The maximum Gasteiger partial charge on any atom is 0.242 e. The predicted molar refractivity (Wildman–Crippen MR) is 100 cm³/mol. The van der Waals surface area contributed by atoms with Gasteiger partial charge in [0, 0.05) is 6.61 Å². The molecule has 0 unspecified atom stereocenters. The second-order valence-corrected chi connectivity index (χ2v) is 6.59. The second-order valence-electron chi connectivity index (χ2n) is 6.59. The molecule has 1 aromatic carbocycles. The lowest BCUT2D eigenvalue weighted by molar-refractivity contribution is -0.129. The van der Waals surface area contributed by atoms with Crippen molar-refractivity contribution in [2.75, 3.05) is 13.2 Å². The molecule has 0 radical (unpaired) electrons. The molecule has 0 fully saturated rings. The fraction of sp³-hybridized carbons (Fsp3) is 0.600. The number of benzene rings is 1. The van der Waals surface area contributed by atoms with Crippen molar-refractivity contribution >= 4 is 11.8 Å². The molecule has 0 saturated carbocycles. The topological polar surface area (TPSA) is 67.4 Å². The van der Waals surface area contributed by atoms with Crippen molar-refractivity contribution in [2.24, 2.45) is 5.92 Å². The number of ether oxygens (including phenoxy) is 1. The number of nitrogens with one attached hydrogen (secondary N) is 2. The van der Waals surface area contributed by atoms with E-state index in [4.69, 9.17) is 4.74 Å². The lowest BCUT2D eigenvalue weighted by Gasteiger charge is -2.25. The molecule has 0 aliphatic heterocycles. The second kappa shape index (κ2) is 11.6.